The van der Waals surface area contributed by atoms with Crippen molar-refractivity contribution in [3.8, 4) is 11.1 Å². The fraction of sp³-hybridized carbons (Fsp3) is 0.308. The van der Waals surface area contributed by atoms with Crippen LogP contribution in [0.3, 0.4) is 0 Å². The van der Waals surface area contributed by atoms with E-state index in [1.165, 1.54) is 17.8 Å². The molecule has 1 aromatic heterocycles. The van der Waals surface area contributed by atoms with Crippen molar-refractivity contribution in [2.24, 2.45) is 7.05 Å². The van der Waals surface area contributed by atoms with Crippen LogP contribution in [0.4, 0.5) is 4.79 Å². The molecule has 1 heterocycles. The summed E-state index contributed by atoms with van der Waals surface area (Å²) in [6.07, 6.45) is 2.40. The van der Waals surface area contributed by atoms with Crippen molar-refractivity contribution in [3.63, 3.8) is 0 Å². The first-order chi connectivity index (χ1) is 16.7. The summed E-state index contributed by atoms with van der Waals surface area (Å²) in [5.41, 5.74) is 3.28. The van der Waals surface area contributed by atoms with E-state index >= 15 is 0 Å². The van der Waals surface area contributed by atoms with E-state index < -0.39 is 29.6 Å². The molecule has 2 atom stereocenters. The monoisotopic (exact) mass is 476 g/mol. The fourth-order valence-electron chi connectivity index (χ4n) is 4.28. The first kappa shape index (κ1) is 24.0. The Morgan fingerprint density at radius 3 is 2.23 bits per heavy atom. The van der Waals surface area contributed by atoms with Crippen LogP contribution in [-0.4, -0.2) is 45.0 Å². The van der Waals surface area contributed by atoms with Crippen molar-refractivity contribution in [3.05, 3.63) is 77.6 Å². The number of nitrogens with one attached hydrogen (secondary N) is 2. The summed E-state index contributed by atoms with van der Waals surface area (Å²) >= 11 is 0. The third-order valence-electron chi connectivity index (χ3n) is 6.50. The number of amides is 2. The van der Waals surface area contributed by atoms with Gasteiger partial charge in [0.25, 0.3) is 0 Å². The van der Waals surface area contributed by atoms with E-state index in [0.29, 0.717) is 5.56 Å². The molecule has 9 heteroatoms. The zero-order valence-corrected chi connectivity index (χ0v) is 19.8. The summed E-state index contributed by atoms with van der Waals surface area (Å²) in [4.78, 5) is 37.6. The highest BCUT2D eigenvalue weighted by Gasteiger charge is 2.37. The summed E-state index contributed by atoms with van der Waals surface area (Å²) in [7, 11) is 1.68. The zero-order chi connectivity index (χ0) is 25.2. The number of rotatable bonds is 8. The standard InChI is InChI=1S/C26H28N4O5/c1-4-26(2,24(32)33)29-23(31)22(16-13-27-30(3)14-16)28-25(34)35-15-21-19-11-7-5-9-17(19)18-10-6-8-12-20(18)21/h5-14,21-22H,4,15H2,1-3H3,(H,28,34)(H,29,31)(H,32,33). The fourth-order valence-corrected chi connectivity index (χ4v) is 4.28. The van der Waals surface area contributed by atoms with Gasteiger partial charge in [0, 0.05) is 24.7 Å². The number of alkyl carbamates (subject to hydrolysis) is 1. The average molecular weight is 477 g/mol. The summed E-state index contributed by atoms with van der Waals surface area (Å²) in [5, 5.41) is 18.7. The molecule has 0 aliphatic heterocycles. The maximum absolute atomic E-state index is 13.1. The maximum Gasteiger partial charge on any atom is 0.408 e. The van der Waals surface area contributed by atoms with Gasteiger partial charge in [-0.05, 0) is 35.6 Å². The van der Waals surface area contributed by atoms with Gasteiger partial charge in [-0.3, -0.25) is 9.48 Å². The van der Waals surface area contributed by atoms with Gasteiger partial charge in [0.1, 0.15) is 18.2 Å². The van der Waals surface area contributed by atoms with Gasteiger partial charge in [0.15, 0.2) is 0 Å². The molecule has 2 amide bonds. The highest BCUT2D eigenvalue weighted by atomic mass is 16.5. The molecule has 4 rings (SSSR count). The third-order valence-corrected chi connectivity index (χ3v) is 6.50. The lowest BCUT2D eigenvalue weighted by molar-refractivity contribution is -0.147. The maximum atomic E-state index is 13.1. The van der Waals surface area contributed by atoms with E-state index in [1.54, 1.807) is 20.2 Å². The molecule has 9 nitrogen and oxygen atoms in total. The van der Waals surface area contributed by atoms with Gasteiger partial charge >= 0.3 is 12.1 Å². The molecule has 0 fully saturated rings. The lowest BCUT2D eigenvalue weighted by Crippen LogP contribution is -2.55. The Bertz CT molecular complexity index is 1220. The molecule has 35 heavy (non-hydrogen) atoms. The highest BCUT2D eigenvalue weighted by Crippen LogP contribution is 2.44. The molecule has 0 spiro atoms. The number of aromatic nitrogens is 2. The molecule has 2 aromatic carbocycles. The smallest absolute Gasteiger partial charge is 0.408 e. The second-order valence-electron chi connectivity index (χ2n) is 8.83. The van der Waals surface area contributed by atoms with Gasteiger partial charge in [0.05, 0.1) is 6.20 Å². The van der Waals surface area contributed by atoms with Crippen LogP contribution < -0.4 is 10.6 Å². The Hall–Kier alpha value is -4.14. The molecule has 1 aliphatic carbocycles. The number of hydrogen-bond acceptors (Lipinski definition) is 5. The minimum absolute atomic E-state index is 0.0863. The number of aryl methyl sites for hydroxylation is 1. The summed E-state index contributed by atoms with van der Waals surface area (Å²) in [6.45, 7) is 3.16. The normalized spacial score (nSPS) is 14.8. The first-order valence-corrected chi connectivity index (χ1v) is 11.4. The van der Waals surface area contributed by atoms with E-state index in [1.807, 2.05) is 48.5 Å². The van der Waals surface area contributed by atoms with Crippen LogP contribution in [0.5, 0.6) is 0 Å². The molecule has 3 aromatic rings. The highest BCUT2D eigenvalue weighted by molar-refractivity contribution is 5.91. The molecular weight excluding hydrogens is 448 g/mol. The van der Waals surface area contributed by atoms with Gasteiger partial charge in [-0.1, -0.05) is 55.5 Å². The second-order valence-corrected chi connectivity index (χ2v) is 8.83. The number of aliphatic carboxylic acids is 1. The Morgan fingerprint density at radius 1 is 1.11 bits per heavy atom. The number of carbonyl (C=O) groups is 3. The molecule has 182 valence electrons. The van der Waals surface area contributed by atoms with E-state index in [0.717, 1.165) is 22.3 Å². The lowest BCUT2D eigenvalue weighted by atomic mass is 9.98. The Morgan fingerprint density at radius 2 is 1.71 bits per heavy atom. The molecule has 1 aliphatic rings. The molecule has 0 saturated heterocycles. The molecule has 2 unspecified atom stereocenters. The van der Waals surface area contributed by atoms with E-state index in [-0.39, 0.29) is 18.9 Å². The van der Waals surface area contributed by atoms with Gasteiger partial charge in [-0.25, -0.2) is 9.59 Å². The minimum atomic E-state index is -1.49. The van der Waals surface area contributed by atoms with Crippen molar-refractivity contribution in [2.75, 3.05) is 6.61 Å². The number of fused-ring (bicyclic) bond motifs is 3. The number of nitrogens with zero attached hydrogens (tertiary/aromatic N) is 2. The van der Waals surface area contributed by atoms with Crippen LogP contribution in [0.1, 0.15) is 48.9 Å². The van der Waals surface area contributed by atoms with E-state index in [9.17, 15) is 19.5 Å². The van der Waals surface area contributed by atoms with Crippen LogP contribution in [-0.2, 0) is 21.4 Å². The third kappa shape index (κ3) is 4.75. The number of ether oxygens (including phenoxy) is 1. The quantitative estimate of drug-likeness (QED) is 0.458. The van der Waals surface area contributed by atoms with Crippen LogP contribution in [0.25, 0.3) is 11.1 Å². The topological polar surface area (TPSA) is 123 Å². The predicted octanol–water partition coefficient (Wildman–Crippen LogP) is 3.37. The van der Waals surface area contributed by atoms with Crippen LogP contribution in [0, 0.1) is 0 Å². The van der Waals surface area contributed by atoms with Crippen molar-refractivity contribution in [2.45, 2.75) is 37.8 Å². The molecule has 0 radical (unpaired) electrons. The summed E-state index contributed by atoms with van der Waals surface area (Å²) in [5.74, 6) is -1.97. The van der Waals surface area contributed by atoms with Crippen LogP contribution >= 0.6 is 0 Å². The van der Waals surface area contributed by atoms with Crippen LogP contribution in [0.2, 0.25) is 0 Å². The Kier molecular flexibility index (Phi) is 6.59. The molecule has 0 bridgehead atoms. The van der Waals surface area contributed by atoms with Crippen molar-refractivity contribution in [1.82, 2.24) is 20.4 Å². The van der Waals surface area contributed by atoms with Crippen LogP contribution in [0.15, 0.2) is 60.9 Å². The van der Waals surface area contributed by atoms with Crippen molar-refractivity contribution < 1.29 is 24.2 Å². The predicted molar refractivity (Wildman–Crippen MR) is 129 cm³/mol. The molecular formula is C26H28N4O5. The van der Waals surface area contributed by atoms with Crippen molar-refractivity contribution in [1.29, 1.82) is 0 Å². The molecule has 0 saturated carbocycles. The Labute approximate surface area is 203 Å². The summed E-state index contributed by atoms with van der Waals surface area (Å²) < 4.78 is 7.07. The summed E-state index contributed by atoms with van der Waals surface area (Å²) in [6, 6.07) is 14.8. The van der Waals surface area contributed by atoms with Gasteiger partial charge in [0.2, 0.25) is 5.91 Å². The first-order valence-electron chi connectivity index (χ1n) is 11.4. The van der Waals surface area contributed by atoms with Gasteiger partial charge in [-0.15, -0.1) is 0 Å². The van der Waals surface area contributed by atoms with Crippen molar-refractivity contribution >= 4 is 18.0 Å². The lowest BCUT2D eigenvalue weighted by Gasteiger charge is -2.27. The number of carboxylic acids is 1. The zero-order valence-electron chi connectivity index (χ0n) is 19.8. The number of benzene rings is 2. The Balaban J connectivity index is 1.50. The minimum Gasteiger partial charge on any atom is -0.480 e. The molecule has 3 N–H and O–H groups in total. The largest absolute Gasteiger partial charge is 0.480 e. The number of carboxylic acid groups (broad SMARTS) is 1. The second kappa shape index (κ2) is 9.61. The van der Waals surface area contributed by atoms with Gasteiger partial charge in [-0.2, -0.15) is 5.10 Å². The number of carbonyl (C=O) groups excluding carboxylic acids is 2. The van der Waals surface area contributed by atoms with E-state index in [2.05, 4.69) is 15.7 Å². The van der Waals surface area contributed by atoms with Gasteiger partial charge < -0.3 is 20.5 Å². The number of hydrogen-bond donors (Lipinski definition) is 3. The van der Waals surface area contributed by atoms with E-state index in [4.69, 9.17) is 4.74 Å². The average Bonchev–Trinajstić information content (AvgIpc) is 3.42. The SMILES string of the molecule is CCC(C)(NC(=O)C(NC(=O)OCC1c2ccccc2-c2ccccc21)c1cnn(C)c1)C(=O)O.